The van der Waals surface area contributed by atoms with Crippen LogP contribution in [0.25, 0.3) is 0 Å². The van der Waals surface area contributed by atoms with Crippen LogP contribution in [0, 0.1) is 5.82 Å². The van der Waals surface area contributed by atoms with Gasteiger partial charge < -0.3 is 19.7 Å². The van der Waals surface area contributed by atoms with Gasteiger partial charge in [-0.2, -0.15) is 0 Å². The van der Waals surface area contributed by atoms with Crippen LogP contribution in [0.4, 0.5) is 14.9 Å². The molecule has 0 unspecified atom stereocenters. The molecule has 2 fully saturated rings. The molecule has 46 heavy (non-hydrogen) atoms. The minimum absolute atomic E-state index is 0.0542. The Morgan fingerprint density at radius 2 is 1.91 bits per heavy atom. The Labute approximate surface area is 274 Å². The molecule has 1 aromatic heterocycles. The van der Waals surface area contributed by atoms with E-state index in [1.165, 1.54) is 43.8 Å². The zero-order valence-electron chi connectivity index (χ0n) is 25.2. The van der Waals surface area contributed by atoms with Crippen molar-refractivity contribution in [2.45, 2.75) is 24.9 Å². The number of halogens is 2. The van der Waals surface area contributed by atoms with Crippen LogP contribution < -0.4 is 10.2 Å². The second-order valence-electron chi connectivity index (χ2n) is 11.1. The van der Waals surface area contributed by atoms with E-state index in [1.54, 1.807) is 11.1 Å². The molecule has 14 heteroatoms. The summed E-state index contributed by atoms with van der Waals surface area (Å²) in [6.45, 7) is 2.52. The number of amidine groups is 1. The molecule has 2 atom stereocenters. The molecule has 3 aliphatic rings. The first-order chi connectivity index (χ1) is 22.2. The molecule has 2 saturated heterocycles. The minimum Gasteiger partial charge on any atom is -0.469 e. The molecule has 3 aliphatic heterocycles. The number of carbonyl (C=O) groups excluding carboxylic acids is 3. The summed E-state index contributed by atoms with van der Waals surface area (Å²) in [6, 6.07) is 10.7. The molecule has 1 N–H and O–H groups in total. The Morgan fingerprint density at radius 3 is 2.61 bits per heavy atom. The van der Waals surface area contributed by atoms with Crippen molar-refractivity contribution >= 4 is 52.4 Å². The van der Waals surface area contributed by atoms with E-state index >= 15 is 0 Å². The molecule has 2 aromatic carbocycles. The lowest BCUT2D eigenvalue weighted by molar-refractivity contribution is -0.140. The third kappa shape index (κ3) is 6.48. The van der Waals surface area contributed by atoms with Gasteiger partial charge >= 0.3 is 18.0 Å². The van der Waals surface area contributed by atoms with Crippen molar-refractivity contribution in [1.29, 1.82) is 0 Å². The normalized spacial score (nSPS) is 19.9. The zero-order chi connectivity index (χ0) is 32.4. The molecule has 0 saturated carbocycles. The highest BCUT2D eigenvalue weighted by Crippen LogP contribution is 2.37. The van der Waals surface area contributed by atoms with Crippen LogP contribution in [0.1, 0.15) is 28.6 Å². The van der Waals surface area contributed by atoms with Crippen LogP contribution in [0.5, 0.6) is 0 Å². The fraction of sp³-hybridized carbons (Fsp3) is 0.344. The number of hydrogen-bond acceptors (Lipinski definition) is 10. The molecule has 0 radical (unpaired) electrons. The number of anilines is 1. The number of nitrogens with zero attached hydrogens (tertiary/aromatic N) is 5. The van der Waals surface area contributed by atoms with Gasteiger partial charge in [0.05, 0.1) is 25.8 Å². The maximum atomic E-state index is 14.0. The summed E-state index contributed by atoms with van der Waals surface area (Å²) in [6.07, 6.45) is 2.52. The maximum Gasteiger partial charge on any atom is 0.338 e. The van der Waals surface area contributed by atoms with Gasteiger partial charge in [-0.25, -0.2) is 19.0 Å². The Bertz CT molecular complexity index is 1700. The quantitative estimate of drug-likeness (QED) is 0.338. The van der Waals surface area contributed by atoms with E-state index in [9.17, 15) is 18.8 Å². The number of nitrogens with one attached hydrogen (secondary N) is 1. The Hall–Kier alpha value is -4.33. The van der Waals surface area contributed by atoms with Gasteiger partial charge in [0.15, 0.2) is 10.8 Å². The van der Waals surface area contributed by atoms with E-state index < -0.39 is 17.8 Å². The Kier molecular flexibility index (Phi) is 9.34. The van der Waals surface area contributed by atoms with Crippen LogP contribution in [-0.2, 0) is 25.5 Å². The molecular weight excluding hydrogens is 635 g/mol. The van der Waals surface area contributed by atoms with Gasteiger partial charge in [0.25, 0.3) is 0 Å². The first kappa shape index (κ1) is 31.6. The molecule has 3 aromatic rings. The average Bonchev–Trinajstić information content (AvgIpc) is 3.72. The van der Waals surface area contributed by atoms with Crippen molar-refractivity contribution in [3.05, 3.63) is 92.3 Å². The van der Waals surface area contributed by atoms with E-state index in [0.29, 0.717) is 67.7 Å². The number of carbonyl (C=O) groups is 3. The number of rotatable bonds is 9. The van der Waals surface area contributed by atoms with Gasteiger partial charge in [-0.05, 0) is 36.2 Å². The number of urea groups is 1. The predicted octanol–water partition coefficient (Wildman–Crippen LogP) is 4.19. The van der Waals surface area contributed by atoms with Crippen LogP contribution in [0.2, 0.25) is 5.02 Å². The molecule has 0 aliphatic carbocycles. The second-order valence-corrected chi connectivity index (χ2v) is 12.4. The molecule has 11 nitrogen and oxygen atoms in total. The summed E-state index contributed by atoms with van der Waals surface area (Å²) < 4.78 is 23.9. The first-order valence-corrected chi connectivity index (χ1v) is 16.0. The first-order valence-electron chi connectivity index (χ1n) is 14.7. The summed E-state index contributed by atoms with van der Waals surface area (Å²) in [4.78, 5) is 53.3. The van der Waals surface area contributed by atoms with Gasteiger partial charge in [-0.15, -0.1) is 11.3 Å². The van der Waals surface area contributed by atoms with Crippen molar-refractivity contribution in [3.8, 4) is 0 Å². The van der Waals surface area contributed by atoms with Crippen LogP contribution in [0.15, 0.2) is 70.3 Å². The second kappa shape index (κ2) is 13.6. The molecule has 240 valence electrons. The molecular formula is C32H32ClFN6O5S. The molecule has 6 rings (SSSR count). The number of hydrogen-bond donors (Lipinski definition) is 1. The monoisotopic (exact) mass is 666 g/mol. The molecule has 0 spiro atoms. The fourth-order valence-corrected chi connectivity index (χ4v) is 6.87. The SMILES string of the molecule is COC(=O)CCc1ccc(N2C[C@@H]3CN(CC4=C(C(=O)OC)[C@H](c5ccc(F)cc5Cl)N=C(c5nccs5)N4)CCN3C2=O)cc1. The number of esters is 2. The number of fused-ring (bicyclic) bond motifs is 1. The van der Waals surface area contributed by atoms with Gasteiger partial charge in [0.2, 0.25) is 0 Å². The highest BCUT2D eigenvalue weighted by Gasteiger charge is 2.42. The average molecular weight is 667 g/mol. The lowest BCUT2D eigenvalue weighted by Crippen LogP contribution is -2.53. The highest BCUT2D eigenvalue weighted by molar-refractivity contribution is 7.11. The summed E-state index contributed by atoms with van der Waals surface area (Å²) in [5.74, 6) is -0.868. The summed E-state index contributed by atoms with van der Waals surface area (Å²) in [7, 11) is 2.68. The number of thiazole rings is 1. The molecule has 4 heterocycles. The van der Waals surface area contributed by atoms with Crippen molar-refractivity contribution in [2.24, 2.45) is 4.99 Å². The number of ether oxygens (including phenoxy) is 2. The van der Waals surface area contributed by atoms with Crippen LogP contribution >= 0.6 is 22.9 Å². The summed E-state index contributed by atoms with van der Waals surface area (Å²) in [5, 5.41) is 5.93. The van der Waals surface area contributed by atoms with Crippen molar-refractivity contribution in [3.63, 3.8) is 0 Å². The van der Waals surface area contributed by atoms with E-state index in [-0.39, 0.29) is 28.6 Å². The smallest absolute Gasteiger partial charge is 0.338 e. The molecule has 0 bridgehead atoms. The Balaban J connectivity index is 1.23. The largest absolute Gasteiger partial charge is 0.469 e. The lowest BCUT2D eigenvalue weighted by Gasteiger charge is -2.38. The number of aryl methyl sites for hydroxylation is 1. The summed E-state index contributed by atoms with van der Waals surface area (Å²) in [5.41, 5.74) is 3.10. The Morgan fingerprint density at radius 1 is 1.11 bits per heavy atom. The number of aromatic nitrogens is 1. The van der Waals surface area contributed by atoms with E-state index in [2.05, 4.69) is 15.2 Å². The maximum absolute atomic E-state index is 14.0. The number of benzene rings is 2. The molecule has 2 amide bonds. The fourth-order valence-electron chi connectivity index (χ4n) is 6.01. The number of piperazine rings is 1. The van der Waals surface area contributed by atoms with Crippen molar-refractivity contribution in [1.82, 2.24) is 20.1 Å². The van der Waals surface area contributed by atoms with Crippen molar-refractivity contribution < 1.29 is 28.2 Å². The van der Waals surface area contributed by atoms with E-state index in [1.807, 2.05) is 34.5 Å². The van der Waals surface area contributed by atoms with Crippen LogP contribution in [0.3, 0.4) is 0 Å². The van der Waals surface area contributed by atoms with Crippen molar-refractivity contribution in [2.75, 3.05) is 51.8 Å². The standard InChI is InChI=1S/C32H32ClFN6O5S/c1-44-26(41)10-5-19-3-7-21(8-4-19)40-17-22-16-38(12-13-39(22)32(40)43)18-25-27(31(42)45-2)28(23-9-6-20(34)15-24(23)33)37-29(36-25)30-35-11-14-46-30/h3-4,6-9,11,14-15,22,28H,5,10,12-13,16-18H2,1-2H3,(H,36,37)/t22-,28-/m0/s1. The number of aliphatic imine (C=N–C) groups is 1. The highest BCUT2D eigenvalue weighted by atomic mass is 35.5. The predicted molar refractivity (Wildman–Crippen MR) is 171 cm³/mol. The lowest BCUT2D eigenvalue weighted by atomic mass is 9.95. The number of amides is 2. The van der Waals surface area contributed by atoms with Gasteiger partial charge in [0.1, 0.15) is 11.9 Å². The van der Waals surface area contributed by atoms with Crippen LogP contribution in [-0.4, -0.2) is 91.6 Å². The van der Waals surface area contributed by atoms with Gasteiger partial charge in [-0.3, -0.25) is 19.6 Å². The van der Waals surface area contributed by atoms with E-state index in [0.717, 1.165) is 11.3 Å². The summed E-state index contributed by atoms with van der Waals surface area (Å²) >= 11 is 7.87. The van der Waals surface area contributed by atoms with Gasteiger partial charge in [0, 0.05) is 72.7 Å². The topological polar surface area (TPSA) is 117 Å². The van der Waals surface area contributed by atoms with E-state index in [4.69, 9.17) is 26.1 Å². The number of methoxy groups -OCH3 is 2. The third-order valence-electron chi connectivity index (χ3n) is 8.34. The zero-order valence-corrected chi connectivity index (χ0v) is 26.8. The minimum atomic E-state index is -0.851. The third-order valence-corrected chi connectivity index (χ3v) is 9.44. The van der Waals surface area contributed by atoms with Gasteiger partial charge in [-0.1, -0.05) is 29.8 Å².